The molecule has 0 N–H and O–H groups in total. The Bertz CT molecular complexity index is 334. The third-order valence-electron chi connectivity index (χ3n) is 2.86. The van der Waals surface area contributed by atoms with Crippen LogP contribution in [0.25, 0.3) is 0 Å². The van der Waals surface area contributed by atoms with Gasteiger partial charge in [0.15, 0.2) is 0 Å². The van der Waals surface area contributed by atoms with Crippen molar-refractivity contribution in [2.75, 3.05) is 0 Å². The second-order valence-corrected chi connectivity index (χ2v) is 4.73. The van der Waals surface area contributed by atoms with Gasteiger partial charge in [-0.05, 0) is 39.5 Å². The van der Waals surface area contributed by atoms with Gasteiger partial charge < -0.3 is 9.47 Å². The standard InChI is InChI=1S/C14H20O4/c1-9(2)13(15)17-11-7-5-6-8-12(11)18-14(16)10(3)4/h11-12H,1,3,5-8H2,2,4H3/t11-,12+. The van der Waals surface area contributed by atoms with E-state index in [-0.39, 0.29) is 12.2 Å². The number of hydrogen-bond acceptors (Lipinski definition) is 4. The van der Waals surface area contributed by atoms with Crippen LogP contribution in [0.3, 0.4) is 0 Å². The van der Waals surface area contributed by atoms with Gasteiger partial charge in [0.05, 0.1) is 0 Å². The summed E-state index contributed by atoms with van der Waals surface area (Å²) in [5, 5.41) is 0. The van der Waals surface area contributed by atoms with Crippen LogP contribution < -0.4 is 0 Å². The number of carbonyl (C=O) groups is 2. The number of hydrogen-bond donors (Lipinski definition) is 0. The summed E-state index contributed by atoms with van der Waals surface area (Å²) in [5.41, 5.74) is 0.705. The average molecular weight is 252 g/mol. The summed E-state index contributed by atoms with van der Waals surface area (Å²) in [6, 6.07) is 0. The Morgan fingerprint density at radius 2 is 1.22 bits per heavy atom. The van der Waals surface area contributed by atoms with Crippen molar-refractivity contribution in [1.29, 1.82) is 0 Å². The highest BCUT2D eigenvalue weighted by Gasteiger charge is 2.31. The molecule has 1 aliphatic carbocycles. The zero-order valence-corrected chi connectivity index (χ0v) is 11.0. The molecule has 0 aromatic heterocycles. The molecule has 2 atom stereocenters. The van der Waals surface area contributed by atoms with E-state index in [9.17, 15) is 9.59 Å². The molecule has 0 aliphatic heterocycles. The molecule has 0 aromatic rings. The minimum absolute atomic E-state index is 0.352. The molecule has 0 saturated heterocycles. The van der Waals surface area contributed by atoms with Crippen LogP contribution >= 0.6 is 0 Å². The molecule has 1 aliphatic rings. The lowest BCUT2D eigenvalue weighted by Crippen LogP contribution is -2.38. The Morgan fingerprint density at radius 3 is 1.50 bits per heavy atom. The van der Waals surface area contributed by atoms with Gasteiger partial charge in [-0.15, -0.1) is 0 Å². The molecule has 0 unspecified atom stereocenters. The van der Waals surface area contributed by atoms with Gasteiger partial charge in [0, 0.05) is 11.1 Å². The predicted molar refractivity (Wildman–Crippen MR) is 67.9 cm³/mol. The number of carbonyl (C=O) groups excluding carboxylic acids is 2. The molecule has 18 heavy (non-hydrogen) atoms. The Balaban J connectivity index is 2.62. The van der Waals surface area contributed by atoms with Gasteiger partial charge in [0.2, 0.25) is 0 Å². The van der Waals surface area contributed by atoms with Crippen LogP contribution in [-0.2, 0) is 19.1 Å². The lowest BCUT2D eigenvalue weighted by Gasteiger charge is -2.30. The van der Waals surface area contributed by atoms with E-state index < -0.39 is 11.9 Å². The number of ether oxygens (including phenoxy) is 2. The van der Waals surface area contributed by atoms with E-state index in [2.05, 4.69) is 13.2 Å². The molecule has 0 amide bonds. The minimum Gasteiger partial charge on any atom is -0.455 e. The molecule has 1 saturated carbocycles. The molecule has 0 spiro atoms. The summed E-state index contributed by atoms with van der Waals surface area (Å²) >= 11 is 0. The summed E-state index contributed by atoms with van der Waals surface area (Å²) in [4.78, 5) is 23.0. The van der Waals surface area contributed by atoms with Gasteiger partial charge in [-0.2, -0.15) is 0 Å². The molecule has 0 heterocycles. The average Bonchev–Trinajstić information content (AvgIpc) is 2.31. The zero-order chi connectivity index (χ0) is 13.7. The fourth-order valence-corrected chi connectivity index (χ4v) is 1.81. The predicted octanol–water partition coefficient (Wildman–Crippen LogP) is 2.54. The van der Waals surface area contributed by atoms with Crippen molar-refractivity contribution >= 4 is 11.9 Å². The van der Waals surface area contributed by atoms with E-state index in [0.29, 0.717) is 24.0 Å². The van der Waals surface area contributed by atoms with Crippen LogP contribution in [0.4, 0.5) is 0 Å². The highest BCUT2D eigenvalue weighted by Crippen LogP contribution is 2.25. The Labute approximate surface area is 108 Å². The largest absolute Gasteiger partial charge is 0.455 e. The summed E-state index contributed by atoms with van der Waals surface area (Å²) in [7, 11) is 0. The fourth-order valence-electron chi connectivity index (χ4n) is 1.81. The second kappa shape index (κ2) is 6.38. The summed E-state index contributed by atoms with van der Waals surface area (Å²) < 4.78 is 10.6. The van der Waals surface area contributed by atoms with Gasteiger partial charge in [-0.25, -0.2) is 9.59 Å². The first-order valence-electron chi connectivity index (χ1n) is 6.14. The van der Waals surface area contributed by atoms with E-state index in [1.165, 1.54) is 0 Å². The van der Waals surface area contributed by atoms with Crippen molar-refractivity contribution in [3.63, 3.8) is 0 Å². The molecule has 0 bridgehead atoms. The molecular formula is C14H20O4. The van der Waals surface area contributed by atoms with Crippen molar-refractivity contribution in [2.45, 2.75) is 51.7 Å². The first kappa shape index (κ1) is 14.5. The molecule has 4 nitrogen and oxygen atoms in total. The van der Waals surface area contributed by atoms with Gasteiger partial charge in [-0.3, -0.25) is 0 Å². The second-order valence-electron chi connectivity index (χ2n) is 4.73. The monoisotopic (exact) mass is 252 g/mol. The Kier molecular flexibility index (Phi) is 5.13. The van der Waals surface area contributed by atoms with Crippen LogP contribution in [0, 0.1) is 0 Å². The SMILES string of the molecule is C=C(C)C(=O)O[C@H]1CCCC[C@H]1OC(=O)C(=C)C. The number of rotatable bonds is 4. The summed E-state index contributed by atoms with van der Waals surface area (Å²) in [5.74, 6) is -0.864. The smallest absolute Gasteiger partial charge is 0.333 e. The topological polar surface area (TPSA) is 52.6 Å². The van der Waals surface area contributed by atoms with Gasteiger partial charge >= 0.3 is 11.9 Å². The van der Waals surface area contributed by atoms with Crippen LogP contribution in [0.2, 0.25) is 0 Å². The van der Waals surface area contributed by atoms with E-state index in [4.69, 9.17) is 9.47 Å². The van der Waals surface area contributed by atoms with E-state index in [1.807, 2.05) is 0 Å². The van der Waals surface area contributed by atoms with E-state index in [0.717, 1.165) is 12.8 Å². The first-order valence-corrected chi connectivity index (χ1v) is 6.14. The molecular weight excluding hydrogens is 232 g/mol. The summed E-state index contributed by atoms with van der Waals surface area (Å²) in [6.07, 6.45) is 2.63. The Hall–Kier alpha value is -1.58. The van der Waals surface area contributed by atoms with Crippen molar-refractivity contribution in [3.05, 3.63) is 24.3 Å². The first-order chi connectivity index (χ1) is 8.41. The van der Waals surface area contributed by atoms with Crippen LogP contribution in [0.15, 0.2) is 24.3 Å². The van der Waals surface area contributed by atoms with Gasteiger partial charge in [0.25, 0.3) is 0 Å². The lowest BCUT2D eigenvalue weighted by atomic mass is 9.94. The van der Waals surface area contributed by atoms with Crippen molar-refractivity contribution < 1.29 is 19.1 Å². The maximum Gasteiger partial charge on any atom is 0.333 e. The van der Waals surface area contributed by atoms with Gasteiger partial charge in [-0.1, -0.05) is 13.2 Å². The normalized spacial score (nSPS) is 23.0. The van der Waals surface area contributed by atoms with Crippen LogP contribution in [0.1, 0.15) is 39.5 Å². The molecule has 4 heteroatoms. The van der Waals surface area contributed by atoms with E-state index >= 15 is 0 Å². The Morgan fingerprint density at radius 1 is 0.889 bits per heavy atom. The highest BCUT2D eigenvalue weighted by molar-refractivity contribution is 5.88. The van der Waals surface area contributed by atoms with Crippen molar-refractivity contribution in [2.24, 2.45) is 0 Å². The molecule has 1 rings (SSSR count). The fraction of sp³-hybridized carbons (Fsp3) is 0.571. The molecule has 1 fully saturated rings. The third-order valence-corrected chi connectivity index (χ3v) is 2.86. The van der Waals surface area contributed by atoms with E-state index in [1.54, 1.807) is 13.8 Å². The highest BCUT2D eigenvalue weighted by atomic mass is 16.6. The van der Waals surface area contributed by atoms with Crippen LogP contribution in [0.5, 0.6) is 0 Å². The maximum atomic E-state index is 11.5. The van der Waals surface area contributed by atoms with Crippen molar-refractivity contribution in [1.82, 2.24) is 0 Å². The van der Waals surface area contributed by atoms with Crippen LogP contribution in [-0.4, -0.2) is 24.1 Å². The maximum absolute atomic E-state index is 11.5. The molecule has 0 aromatic carbocycles. The third kappa shape index (κ3) is 4.02. The lowest BCUT2D eigenvalue weighted by molar-refractivity contribution is -0.166. The molecule has 0 radical (unpaired) electrons. The zero-order valence-electron chi connectivity index (χ0n) is 11.0. The minimum atomic E-state index is -0.432. The van der Waals surface area contributed by atoms with Gasteiger partial charge in [0.1, 0.15) is 12.2 Å². The molecule has 100 valence electrons. The van der Waals surface area contributed by atoms with Crippen molar-refractivity contribution in [3.8, 4) is 0 Å². The summed E-state index contributed by atoms with van der Waals surface area (Å²) in [6.45, 7) is 10.3. The quantitative estimate of drug-likeness (QED) is 0.570. The number of esters is 2.